The number of hydrogen-bond acceptors (Lipinski definition) is 3. The Hall–Kier alpha value is -3.15. The molecule has 0 spiro atoms. The third-order valence-corrected chi connectivity index (χ3v) is 4.22. The SMILES string of the molecule is NC(=O)c1cccc(NC(=O)C2CC(=O)N(Cc3ccccc3)C2)c1. The van der Waals surface area contributed by atoms with Gasteiger partial charge in [-0.15, -0.1) is 0 Å². The maximum absolute atomic E-state index is 12.4. The fraction of sp³-hybridized carbons (Fsp3) is 0.211. The number of hydrogen-bond donors (Lipinski definition) is 2. The van der Waals surface area contributed by atoms with Crippen LogP contribution in [0.15, 0.2) is 54.6 Å². The average Bonchev–Trinajstić information content (AvgIpc) is 2.97. The minimum Gasteiger partial charge on any atom is -0.366 e. The second-order valence-corrected chi connectivity index (χ2v) is 6.10. The van der Waals surface area contributed by atoms with E-state index >= 15 is 0 Å². The molecule has 0 radical (unpaired) electrons. The van der Waals surface area contributed by atoms with Crippen molar-refractivity contribution in [3.05, 3.63) is 65.7 Å². The highest BCUT2D eigenvalue weighted by atomic mass is 16.2. The number of nitrogens with two attached hydrogens (primary N) is 1. The molecule has 25 heavy (non-hydrogen) atoms. The number of likely N-dealkylation sites (tertiary alicyclic amines) is 1. The van der Waals surface area contributed by atoms with Crippen molar-refractivity contribution in [2.45, 2.75) is 13.0 Å². The van der Waals surface area contributed by atoms with Crippen molar-refractivity contribution in [2.24, 2.45) is 11.7 Å². The lowest BCUT2D eigenvalue weighted by Gasteiger charge is -2.16. The first kappa shape index (κ1) is 16.7. The van der Waals surface area contributed by atoms with Gasteiger partial charge in [0.25, 0.3) is 0 Å². The van der Waals surface area contributed by atoms with Gasteiger partial charge in [0, 0.05) is 30.8 Å². The van der Waals surface area contributed by atoms with Crippen molar-refractivity contribution < 1.29 is 14.4 Å². The number of benzene rings is 2. The molecule has 3 amide bonds. The molecular weight excluding hydrogens is 318 g/mol. The van der Waals surface area contributed by atoms with Crippen LogP contribution in [0.25, 0.3) is 0 Å². The zero-order valence-electron chi connectivity index (χ0n) is 13.6. The molecule has 0 aromatic heterocycles. The summed E-state index contributed by atoms with van der Waals surface area (Å²) in [4.78, 5) is 37.5. The van der Waals surface area contributed by atoms with Crippen LogP contribution in [0.5, 0.6) is 0 Å². The number of carbonyl (C=O) groups is 3. The van der Waals surface area contributed by atoms with Gasteiger partial charge in [0.1, 0.15) is 0 Å². The largest absolute Gasteiger partial charge is 0.366 e. The van der Waals surface area contributed by atoms with Crippen molar-refractivity contribution in [2.75, 3.05) is 11.9 Å². The summed E-state index contributed by atoms with van der Waals surface area (Å²) in [5.74, 6) is -1.23. The minimum atomic E-state index is -0.554. The Morgan fingerprint density at radius 3 is 2.60 bits per heavy atom. The quantitative estimate of drug-likeness (QED) is 0.871. The molecule has 1 unspecified atom stereocenters. The third kappa shape index (κ3) is 4.03. The molecule has 0 bridgehead atoms. The smallest absolute Gasteiger partial charge is 0.248 e. The lowest BCUT2D eigenvalue weighted by molar-refractivity contribution is -0.128. The number of nitrogens with one attached hydrogen (secondary N) is 1. The number of rotatable bonds is 5. The predicted octanol–water partition coefficient (Wildman–Crippen LogP) is 1.77. The fourth-order valence-corrected chi connectivity index (χ4v) is 2.90. The molecule has 128 valence electrons. The Balaban J connectivity index is 1.63. The Morgan fingerprint density at radius 2 is 1.88 bits per heavy atom. The van der Waals surface area contributed by atoms with Crippen LogP contribution < -0.4 is 11.1 Å². The maximum Gasteiger partial charge on any atom is 0.248 e. The number of primary amides is 1. The average molecular weight is 337 g/mol. The third-order valence-electron chi connectivity index (χ3n) is 4.22. The van der Waals surface area contributed by atoms with Gasteiger partial charge in [-0.1, -0.05) is 36.4 Å². The number of anilines is 1. The van der Waals surface area contributed by atoms with Crippen LogP contribution >= 0.6 is 0 Å². The molecule has 3 N–H and O–H groups in total. The van der Waals surface area contributed by atoms with Crippen molar-refractivity contribution in [1.82, 2.24) is 4.90 Å². The van der Waals surface area contributed by atoms with Gasteiger partial charge in [-0.3, -0.25) is 14.4 Å². The van der Waals surface area contributed by atoms with Crippen LogP contribution in [-0.2, 0) is 16.1 Å². The number of nitrogens with zero attached hydrogens (tertiary/aromatic N) is 1. The lowest BCUT2D eigenvalue weighted by Crippen LogP contribution is -2.28. The summed E-state index contributed by atoms with van der Waals surface area (Å²) in [6.45, 7) is 0.885. The van der Waals surface area contributed by atoms with E-state index in [0.717, 1.165) is 5.56 Å². The zero-order chi connectivity index (χ0) is 17.8. The van der Waals surface area contributed by atoms with E-state index in [-0.39, 0.29) is 18.2 Å². The van der Waals surface area contributed by atoms with E-state index in [1.165, 1.54) is 6.07 Å². The maximum atomic E-state index is 12.4. The molecular formula is C19H19N3O3. The molecule has 1 aliphatic heterocycles. The minimum absolute atomic E-state index is 0.0325. The molecule has 1 atom stereocenters. The normalized spacial score (nSPS) is 16.7. The Bertz CT molecular complexity index is 805. The van der Waals surface area contributed by atoms with Gasteiger partial charge in [-0.05, 0) is 23.8 Å². The van der Waals surface area contributed by atoms with Crippen molar-refractivity contribution in [3.8, 4) is 0 Å². The highest BCUT2D eigenvalue weighted by Crippen LogP contribution is 2.22. The van der Waals surface area contributed by atoms with Crippen LogP contribution in [0.2, 0.25) is 0 Å². The molecule has 6 heteroatoms. The van der Waals surface area contributed by atoms with Crippen LogP contribution in [0.1, 0.15) is 22.3 Å². The topological polar surface area (TPSA) is 92.5 Å². The molecule has 2 aromatic rings. The fourth-order valence-electron chi connectivity index (χ4n) is 2.90. The van der Waals surface area contributed by atoms with Gasteiger partial charge in [0.15, 0.2) is 0 Å². The van der Waals surface area contributed by atoms with Crippen LogP contribution in [0.3, 0.4) is 0 Å². The molecule has 3 rings (SSSR count). The highest BCUT2D eigenvalue weighted by molar-refractivity contribution is 5.99. The van der Waals surface area contributed by atoms with Gasteiger partial charge in [0.05, 0.1) is 5.92 Å². The molecule has 0 aliphatic carbocycles. The molecule has 2 aromatic carbocycles. The van der Waals surface area contributed by atoms with Crippen molar-refractivity contribution >= 4 is 23.4 Å². The Morgan fingerprint density at radius 1 is 1.12 bits per heavy atom. The van der Waals surface area contributed by atoms with E-state index < -0.39 is 11.8 Å². The summed E-state index contributed by atoms with van der Waals surface area (Å²) in [7, 11) is 0. The predicted molar refractivity (Wildman–Crippen MR) is 93.6 cm³/mol. The van der Waals surface area contributed by atoms with E-state index in [0.29, 0.717) is 24.3 Å². The second kappa shape index (κ2) is 7.17. The van der Waals surface area contributed by atoms with Crippen LogP contribution in [0, 0.1) is 5.92 Å². The first-order valence-electron chi connectivity index (χ1n) is 8.05. The van der Waals surface area contributed by atoms with Gasteiger partial charge < -0.3 is 16.0 Å². The van der Waals surface area contributed by atoms with Crippen LogP contribution in [-0.4, -0.2) is 29.2 Å². The summed E-state index contributed by atoms with van der Waals surface area (Å²) < 4.78 is 0. The zero-order valence-corrected chi connectivity index (χ0v) is 13.6. The lowest BCUT2D eigenvalue weighted by atomic mass is 10.1. The molecule has 1 saturated heterocycles. The van der Waals surface area contributed by atoms with Gasteiger partial charge in [-0.25, -0.2) is 0 Å². The summed E-state index contributed by atoms with van der Waals surface area (Å²) >= 11 is 0. The van der Waals surface area contributed by atoms with Crippen LogP contribution in [0.4, 0.5) is 5.69 Å². The van der Waals surface area contributed by atoms with E-state index in [1.807, 2.05) is 30.3 Å². The number of amides is 3. The Labute approximate surface area is 145 Å². The molecule has 0 saturated carbocycles. The number of carbonyl (C=O) groups excluding carboxylic acids is 3. The molecule has 1 aliphatic rings. The summed E-state index contributed by atoms with van der Waals surface area (Å²) in [5.41, 5.74) is 7.10. The van der Waals surface area contributed by atoms with E-state index in [9.17, 15) is 14.4 Å². The summed E-state index contributed by atoms with van der Waals surface area (Å²) in [6, 6.07) is 16.1. The van der Waals surface area contributed by atoms with E-state index in [2.05, 4.69) is 5.32 Å². The second-order valence-electron chi connectivity index (χ2n) is 6.10. The van der Waals surface area contributed by atoms with Crippen molar-refractivity contribution in [3.63, 3.8) is 0 Å². The standard InChI is InChI=1S/C19H19N3O3/c20-18(24)14-7-4-8-16(9-14)21-19(25)15-10-17(23)22(12-15)11-13-5-2-1-3-6-13/h1-9,15H,10-12H2,(H2,20,24)(H,21,25). The highest BCUT2D eigenvalue weighted by Gasteiger charge is 2.34. The first-order chi connectivity index (χ1) is 12.0. The van der Waals surface area contributed by atoms with Gasteiger partial charge >= 0.3 is 0 Å². The van der Waals surface area contributed by atoms with Crippen molar-refractivity contribution in [1.29, 1.82) is 0 Å². The van der Waals surface area contributed by atoms with Gasteiger partial charge in [0.2, 0.25) is 17.7 Å². The molecule has 1 fully saturated rings. The monoisotopic (exact) mass is 337 g/mol. The molecule has 6 nitrogen and oxygen atoms in total. The Kier molecular flexibility index (Phi) is 4.79. The van der Waals surface area contributed by atoms with Gasteiger partial charge in [-0.2, -0.15) is 0 Å². The first-order valence-corrected chi connectivity index (χ1v) is 8.05. The van der Waals surface area contributed by atoms with E-state index in [1.54, 1.807) is 23.1 Å². The summed E-state index contributed by atoms with van der Waals surface area (Å²) in [6.07, 6.45) is 0.189. The summed E-state index contributed by atoms with van der Waals surface area (Å²) in [5, 5.41) is 2.76. The molecule has 1 heterocycles. The van der Waals surface area contributed by atoms with E-state index in [4.69, 9.17) is 5.73 Å².